The number of amides is 1. The predicted octanol–water partition coefficient (Wildman–Crippen LogP) is 4.46. The molecule has 14 heteroatoms. The summed E-state index contributed by atoms with van der Waals surface area (Å²) in [6, 6.07) is 3.39. The summed E-state index contributed by atoms with van der Waals surface area (Å²) in [5, 5.41) is 0. The molecule has 0 spiro atoms. The normalized spacial score (nSPS) is 14.6. The highest BCUT2D eigenvalue weighted by Crippen LogP contribution is 2.54. The molecule has 192 valence electrons. The van der Waals surface area contributed by atoms with E-state index < -0.39 is 72.6 Å². The SMILES string of the molecule is CC(C)OC(=O)[C@H](C)N(C(=O)[C@H](C)N)[P@](=O)(Oc1ccccc1)Oc1c(F)c(F)c(F)c(F)c1F. The molecule has 0 saturated heterocycles. The molecule has 0 aliphatic rings. The maximum absolute atomic E-state index is 14.4. The van der Waals surface area contributed by atoms with Crippen molar-refractivity contribution in [3.05, 3.63) is 59.4 Å². The van der Waals surface area contributed by atoms with Crippen molar-refractivity contribution in [2.45, 2.75) is 45.9 Å². The molecule has 8 nitrogen and oxygen atoms in total. The van der Waals surface area contributed by atoms with Gasteiger partial charge in [-0.25, -0.2) is 27.2 Å². The lowest BCUT2D eigenvalue weighted by Crippen LogP contribution is -2.49. The largest absolute Gasteiger partial charge is 0.547 e. The lowest BCUT2D eigenvalue weighted by molar-refractivity contribution is -0.155. The maximum atomic E-state index is 14.4. The van der Waals surface area contributed by atoms with Gasteiger partial charge < -0.3 is 19.5 Å². The van der Waals surface area contributed by atoms with Crippen molar-refractivity contribution in [3.8, 4) is 11.5 Å². The molecular formula is C21H22F5N2O6P. The fraction of sp³-hybridized carbons (Fsp3) is 0.333. The minimum atomic E-state index is -5.48. The molecule has 0 saturated carbocycles. The van der Waals surface area contributed by atoms with Crippen LogP contribution in [0, 0.1) is 29.1 Å². The first-order chi connectivity index (χ1) is 16.2. The summed E-state index contributed by atoms with van der Waals surface area (Å²) in [4.78, 5) is 25.5. The number of para-hydroxylation sites is 1. The van der Waals surface area contributed by atoms with Gasteiger partial charge in [0.15, 0.2) is 0 Å². The number of halogens is 5. The van der Waals surface area contributed by atoms with E-state index in [-0.39, 0.29) is 10.4 Å². The van der Waals surface area contributed by atoms with E-state index in [1.807, 2.05) is 0 Å². The smallest absolute Gasteiger partial charge is 0.461 e. The topological polar surface area (TPSA) is 108 Å². The molecule has 3 atom stereocenters. The standard InChI is InChI=1S/C21H22F5N2O6P/c1-10(2)32-21(30)12(4)28(20(29)11(3)27)35(31,33-13-8-6-5-7-9-13)34-19-17(25)15(23)14(22)16(24)18(19)26/h5-12H,27H2,1-4H3/t11-,12-,35-/m0/s1. The minimum Gasteiger partial charge on any atom is -0.461 e. The van der Waals surface area contributed by atoms with Gasteiger partial charge in [0.05, 0.1) is 12.1 Å². The molecule has 0 radical (unpaired) electrons. The molecule has 0 aliphatic heterocycles. The van der Waals surface area contributed by atoms with Crippen LogP contribution in [0.2, 0.25) is 0 Å². The van der Waals surface area contributed by atoms with Crippen molar-refractivity contribution >= 4 is 19.6 Å². The summed E-state index contributed by atoms with van der Waals surface area (Å²) in [6.45, 7) is 5.08. The zero-order valence-electron chi connectivity index (χ0n) is 18.9. The Morgan fingerprint density at radius 1 is 0.857 bits per heavy atom. The van der Waals surface area contributed by atoms with Crippen LogP contribution in [-0.2, 0) is 18.9 Å². The van der Waals surface area contributed by atoms with Gasteiger partial charge in [0.1, 0.15) is 11.8 Å². The van der Waals surface area contributed by atoms with Crippen LogP contribution in [0.25, 0.3) is 0 Å². The van der Waals surface area contributed by atoms with E-state index in [0.29, 0.717) is 0 Å². The number of ether oxygens (including phenoxy) is 1. The number of nitrogens with two attached hydrogens (primary N) is 1. The molecule has 0 unspecified atom stereocenters. The molecule has 2 aromatic carbocycles. The number of carbonyl (C=O) groups excluding carboxylic acids is 2. The second-order valence-electron chi connectivity index (χ2n) is 7.50. The van der Waals surface area contributed by atoms with Crippen LogP contribution in [0.15, 0.2) is 30.3 Å². The van der Waals surface area contributed by atoms with Gasteiger partial charge in [0, 0.05) is 0 Å². The third-order valence-corrected chi connectivity index (χ3v) is 6.21. The van der Waals surface area contributed by atoms with Crippen molar-refractivity contribution in [3.63, 3.8) is 0 Å². The second-order valence-corrected chi connectivity index (χ2v) is 9.23. The number of benzene rings is 2. The third kappa shape index (κ3) is 6.09. The molecule has 2 aromatic rings. The zero-order valence-corrected chi connectivity index (χ0v) is 19.8. The van der Waals surface area contributed by atoms with Crippen molar-refractivity contribution in [1.82, 2.24) is 4.67 Å². The Labute approximate surface area is 197 Å². The van der Waals surface area contributed by atoms with Gasteiger partial charge in [0.2, 0.25) is 34.8 Å². The third-order valence-electron chi connectivity index (χ3n) is 4.28. The Kier molecular flexibility index (Phi) is 8.85. The quantitative estimate of drug-likeness (QED) is 0.170. The summed E-state index contributed by atoms with van der Waals surface area (Å²) in [6.07, 6.45) is -0.706. The highest BCUT2D eigenvalue weighted by atomic mass is 31.2. The lowest BCUT2D eigenvalue weighted by Gasteiger charge is -2.34. The Balaban J connectivity index is 2.76. The highest BCUT2D eigenvalue weighted by Gasteiger charge is 2.49. The van der Waals surface area contributed by atoms with Gasteiger partial charge in [0.25, 0.3) is 5.91 Å². The molecule has 1 amide bonds. The number of nitrogens with zero attached hydrogens (tertiary/aromatic N) is 1. The van der Waals surface area contributed by atoms with Gasteiger partial charge >= 0.3 is 13.7 Å². The van der Waals surface area contributed by atoms with Crippen LogP contribution in [0.1, 0.15) is 27.7 Å². The number of rotatable bonds is 9. The van der Waals surface area contributed by atoms with E-state index in [1.165, 1.54) is 44.2 Å². The van der Waals surface area contributed by atoms with Crippen LogP contribution in [-0.4, -0.2) is 34.7 Å². The summed E-state index contributed by atoms with van der Waals surface area (Å²) in [7, 11) is -5.48. The van der Waals surface area contributed by atoms with E-state index >= 15 is 0 Å². The van der Waals surface area contributed by atoms with Crippen LogP contribution in [0.3, 0.4) is 0 Å². The summed E-state index contributed by atoms with van der Waals surface area (Å²) in [5.74, 6) is -17.0. The van der Waals surface area contributed by atoms with Crippen LogP contribution in [0.5, 0.6) is 11.5 Å². The number of carbonyl (C=O) groups is 2. The Morgan fingerprint density at radius 3 is 1.80 bits per heavy atom. The molecule has 0 bridgehead atoms. The van der Waals surface area contributed by atoms with Crippen molar-refractivity contribution < 1.29 is 49.9 Å². The lowest BCUT2D eigenvalue weighted by atomic mass is 10.3. The van der Waals surface area contributed by atoms with E-state index in [0.717, 1.165) is 13.8 Å². The molecule has 2 N–H and O–H groups in total. The monoisotopic (exact) mass is 524 g/mol. The number of hydrogen-bond acceptors (Lipinski definition) is 7. The van der Waals surface area contributed by atoms with Gasteiger partial charge in [-0.2, -0.15) is 8.78 Å². The van der Waals surface area contributed by atoms with Gasteiger partial charge in [-0.15, -0.1) is 0 Å². The summed E-state index contributed by atoms with van der Waals surface area (Å²) in [5.41, 5.74) is 5.59. The van der Waals surface area contributed by atoms with E-state index in [1.54, 1.807) is 0 Å². The van der Waals surface area contributed by atoms with Crippen molar-refractivity contribution in [1.29, 1.82) is 0 Å². The molecule has 0 heterocycles. The zero-order chi connectivity index (χ0) is 26.7. The first-order valence-electron chi connectivity index (χ1n) is 10.1. The predicted molar refractivity (Wildman–Crippen MR) is 113 cm³/mol. The van der Waals surface area contributed by atoms with E-state index in [4.69, 9.17) is 19.5 Å². The molecule has 0 fully saturated rings. The first kappa shape index (κ1) is 28.1. The Bertz CT molecular complexity index is 1120. The molecule has 2 rings (SSSR count). The molecular weight excluding hydrogens is 502 g/mol. The average molecular weight is 524 g/mol. The van der Waals surface area contributed by atoms with Crippen molar-refractivity contribution in [2.24, 2.45) is 5.73 Å². The minimum absolute atomic E-state index is 0.132. The number of esters is 1. The van der Waals surface area contributed by atoms with Crippen molar-refractivity contribution in [2.75, 3.05) is 0 Å². The average Bonchev–Trinajstić information content (AvgIpc) is 2.79. The Hall–Kier alpha value is -3.18. The number of hydrogen-bond donors (Lipinski definition) is 1. The van der Waals surface area contributed by atoms with Crippen LogP contribution < -0.4 is 14.8 Å². The maximum Gasteiger partial charge on any atom is 0.547 e. The highest BCUT2D eigenvalue weighted by molar-refractivity contribution is 7.53. The first-order valence-corrected chi connectivity index (χ1v) is 11.6. The molecule has 35 heavy (non-hydrogen) atoms. The van der Waals surface area contributed by atoms with Crippen LogP contribution >= 0.6 is 7.75 Å². The van der Waals surface area contributed by atoms with E-state index in [9.17, 15) is 36.1 Å². The molecule has 0 aliphatic carbocycles. The fourth-order valence-electron chi connectivity index (χ4n) is 2.66. The Morgan fingerprint density at radius 2 is 1.34 bits per heavy atom. The second kappa shape index (κ2) is 11.0. The van der Waals surface area contributed by atoms with Gasteiger partial charge in [-0.1, -0.05) is 18.2 Å². The van der Waals surface area contributed by atoms with E-state index in [2.05, 4.69) is 0 Å². The summed E-state index contributed by atoms with van der Waals surface area (Å²) >= 11 is 0. The van der Waals surface area contributed by atoms with Crippen LogP contribution in [0.4, 0.5) is 22.0 Å². The summed E-state index contributed by atoms with van der Waals surface area (Å²) < 4.78 is 98.9. The fourth-order valence-corrected chi connectivity index (χ4v) is 4.60. The van der Waals surface area contributed by atoms with Gasteiger partial charge in [-0.3, -0.25) is 4.79 Å². The molecule has 0 aromatic heterocycles. The van der Waals surface area contributed by atoms with Gasteiger partial charge in [-0.05, 0) is 39.8 Å².